The Hall–Kier alpha value is -0.630. The monoisotopic (exact) mass is 236 g/mol. The summed E-state index contributed by atoms with van der Waals surface area (Å²) < 4.78 is 5.56. The lowest BCUT2D eigenvalue weighted by Crippen LogP contribution is -2.31. The molecule has 0 bridgehead atoms. The summed E-state index contributed by atoms with van der Waals surface area (Å²) >= 11 is 0. The van der Waals surface area contributed by atoms with E-state index in [4.69, 9.17) is 4.74 Å². The number of hydrogen-bond acceptors (Lipinski definition) is 2. The van der Waals surface area contributed by atoms with Gasteiger partial charge in [0.05, 0.1) is 6.10 Å². The van der Waals surface area contributed by atoms with Gasteiger partial charge in [-0.05, 0) is 44.4 Å². The van der Waals surface area contributed by atoms with Gasteiger partial charge in [-0.15, -0.1) is 6.58 Å². The van der Waals surface area contributed by atoms with Crippen LogP contribution in [0, 0.1) is 11.3 Å². The predicted molar refractivity (Wildman–Crippen MR) is 68.9 cm³/mol. The van der Waals surface area contributed by atoms with Gasteiger partial charge in [0, 0.05) is 18.9 Å². The van der Waals surface area contributed by atoms with Crippen LogP contribution in [0.5, 0.6) is 0 Å². The molecule has 2 nitrogen and oxygen atoms in total. The van der Waals surface area contributed by atoms with Crippen LogP contribution in [0.1, 0.15) is 51.4 Å². The molecule has 0 aromatic rings. The number of ether oxygens (including phenoxy) is 1. The van der Waals surface area contributed by atoms with E-state index >= 15 is 0 Å². The zero-order valence-electron chi connectivity index (χ0n) is 10.9. The van der Waals surface area contributed by atoms with Crippen LogP contribution in [0.15, 0.2) is 12.7 Å². The molecule has 0 aliphatic heterocycles. The molecule has 2 aliphatic rings. The number of rotatable bonds is 6. The summed E-state index contributed by atoms with van der Waals surface area (Å²) in [6, 6.07) is 0. The highest BCUT2D eigenvalue weighted by Crippen LogP contribution is 2.55. The predicted octanol–water partition coefficient (Wildman–Crippen LogP) is 3.51. The Labute approximate surface area is 104 Å². The summed E-state index contributed by atoms with van der Waals surface area (Å²) in [5, 5.41) is 0. The van der Waals surface area contributed by atoms with E-state index in [1.165, 1.54) is 6.42 Å². The molecule has 17 heavy (non-hydrogen) atoms. The molecule has 0 spiro atoms. The lowest BCUT2D eigenvalue weighted by molar-refractivity contribution is -0.127. The highest BCUT2D eigenvalue weighted by Gasteiger charge is 2.55. The van der Waals surface area contributed by atoms with E-state index < -0.39 is 0 Å². The van der Waals surface area contributed by atoms with Crippen molar-refractivity contribution in [3.63, 3.8) is 0 Å². The molecule has 2 saturated carbocycles. The zero-order chi connectivity index (χ0) is 12.3. The van der Waals surface area contributed by atoms with Crippen molar-refractivity contribution in [2.24, 2.45) is 11.3 Å². The van der Waals surface area contributed by atoms with Crippen LogP contribution in [0.2, 0.25) is 0 Å². The van der Waals surface area contributed by atoms with Gasteiger partial charge in [0.1, 0.15) is 5.78 Å². The van der Waals surface area contributed by atoms with Gasteiger partial charge >= 0.3 is 0 Å². The smallest absolute Gasteiger partial charge is 0.139 e. The third-order valence-electron chi connectivity index (χ3n) is 4.86. The fourth-order valence-corrected chi connectivity index (χ4v) is 3.95. The van der Waals surface area contributed by atoms with Crippen molar-refractivity contribution in [2.75, 3.05) is 7.11 Å². The molecular weight excluding hydrogens is 212 g/mol. The minimum atomic E-state index is -0.0121. The number of hydrogen-bond donors (Lipinski definition) is 0. The Morgan fingerprint density at radius 3 is 3.00 bits per heavy atom. The van der Waals surface area contributed by atoms with Gasteiger partial charge in [0.2, 0.25) is 0 Å². The summed E-state index contributed by atoms with van der Waals surface area (Å²) in [5.74, 6) is 1.02. The minimum Gasteiger partial charge on any atom is -0.381 e. The highest BCUT2D eigenvalue weighted by atomic mass is 16.5. The lowest BCUT2D eigenvalue weighted by atomic mass is 9.75. The minimum absolute atomic E-state index is 0.0121. The van der Waals surface area contributed by atoms with Gasteiger partial charge in [-0.25, -0.2) is 0 Å². The number of allylic oxidation sites excluding steroid dienone is 1. The molecule has 0 aromatic heterocycles. The third kappa shape index (κ3) is 2.20. The van der Waals surface area contributed by atoms with Crippen LogP contribution in [0.4, 0.5) is 0 Å². The second-order valence-electron chi connectivity index (χ2n) is 5.57. The molecule has 2 rings (SSSR count). The van der Waals surface area contributed by atoms with Crippen LogP contribution < -0.4 is 0 Å². The van der Waals surface area contributed by atoms with E-state index in [-0.39, 0.29) is 5.41 Å². The SMILES string of the molecule is C=CCCCC[C@]12CC[C@@H](OC)[C@H]1CCC2=O. The number of carbonyl (C=O) groups is 1. The molecule has 0 amide bonds. The molecule has 0 unspecified atom stereocenters. The molecule has 0 aromatic carbocycles. The Kier molecular flexibility index (Phi) is 4.03. The normalized spacial score (nSPS) is 36.2. The summed E-state index contributed by atoms with van der Waals surface area (Å²) in [4.78, 5) is 12.2. The average molecular weight is 236 g/mol. The van der Waals surface area contributed by atoms with Crippen molar-refractivity contribution >= 4 is 5.78 Å². The maximum Gasteiger partial charge on any atom is 0.139 e. The first-order valence-electron chi connectivity index (χ1n) is 6.91. The molecule has 0 saturated heterocycles. The van der Waals surface area contributed by atoms with E-state index in [0.29, 0.717) is 17.8 Å². The van der Waals surface area contributed by atoms with Crippen LogP contribution in [-0.2, 0) is 9.53 Å². The van der Waals surface area contributed by atoms with Crippen LogP contribution in [-0.4, -0.2) is 19.0 Å². The second-order valence-corrected chi connectivity index (χ2v) is 5.57. The lowest BCUT2D eigenvalue weighted by Gasteiger charge is -2.29. The van der Waals surface area contributed by atoms with Crippen molar-refractivity contribution in [1.82, 2.24) is 0 Å². The molecule has 2 aliphatic carbocycles. The Morgan fingerprint density at radius 1 is 1.47 bits per heavy atom. The summed E-state index contributed by atoms with van der Waals surface area (Å²) in [6.07, 6.45) is 10.8. The van der Waals surface area contributed by atoms with E-state index in [9.17, 15) is 4.79 Å². The van der Waals surface area contributed by atoms with Crippen molar-refractivity contribution in [3.05, 3.63) is 12.7 Å². The van der Waals surface area contributed by atoms with Crippen molar-refractivity contribution in [2.45, 2.75) is 57.5 Å². The molecular formula is C15H24O2. The number of Topliss-reactive ketones (excluding diaryl/α,β-unsaturated/α-hetero) is 1. The molecule has 0 heterocycles. The molecule has 3 atom stereocenters. The first kappa shape index (κ1) is 12.8. The fourth-order valence-electron chi connectivity index (χ4n) is 3.95. The number of methoxy groups -OCH3 is 1. The third-order valence-corrected chi connectivity index (χ3v) is 4.86. The van der Waals surface area contributed by atoms with E-state index in [0.717, 1.165) is 44.9 Å². The highest BCUT2D eigenvalue weighted by molar-refractivity contribution is 5.87. The Bertz CT molecular complexity index is 297. The molecule has 2 fully saturated rings. The summed E-state index contributed by atoms with van der Waals surface area (Å²) in [5.41, 5.74) is -0.0121. The number of ketones is 1. The van der Waals surface area contributed by atoms with E-state index in [2.05, 4.69) is 6.58 Å². The largest absolute Gasteiger partial charge is 0.381 e. The summed E-state index contributed by atoms with van der Waals surface area (Å²) in [6.45, 7) is 3.75. The van der Waals surface area contributed by atoms with Gasteiger partial charge in [0.15, 0.2) is 0 Å². The molecule has 0 radical (unpaired) electrons. The van der Waals surface area contributed by atoms with Crippen molar-refractivity contribution in [3.8, 4) is 0 Å². The average Bonchev–Trinajstić information content (AvgIpc) is 2.84. The van der Waals surface area contributed by atoms with E-state index in [1.54, 1.807) is 7.11 Å². The maximum absolute atomic E-state index is 12.2. The molecule has 96 valence electrons. The van der Waals surface area contributed by atoms with Crippen LogP contribution >= 0.6 is 0 Å². The molecule has 0 N–H and O–H groups in total. The number of unbranched alkanes of at least 4 members (excludes halogenated alkanes) is 2. The van der Waals surface area contributed by atoms with Crippen LogP contribution in [0.25, 0.3) is 0 Å². The van der Waals surface area contributed by atoms with Crippen LogP contribution in [0.3, 0.4) is 0 Å². The summed E-state index contributed by atoms with van der Waals surface area (Å²) in [7, 11) is 1.79. The first-order valence-corrected chi connectivity index (χ1v) is 6.91. The van der Waals surface area contributed by atoms with E-state index in [1.807, 2.05) is 6.08 Å². The fraction of sp³-hybridized carbons (Fsp3) is 0.800. The Balaban J connectivity index is 1.99. The van der Waals surface area contributed by atoms with Gasteiger partial charge in [-0.3, -0.25) is 4.79 Å². The quantitative estimate of drug-likeness (QED) is 0.521. The van der Waals surface area contributed by atoms with Gasteiger partial charge in [-0.1, -0.05) is 12.5 Å². The number of carbonyl (C=O) groups excluding carboxylic acids is 1. The van der Waals surface area contributed by atoms with Crippen molar-refractivity contribution in [1.29, 1.82) is 0 Å². The number of fused-ring (bicyclic) bond motifs is 1. The first-order chi connectivity index (χ1) is 8.24. The van der Waals surface area contributed by atoms with Gasteiger partial charge < -0.3 is 4.74 Å². The second kappa shape index (κ2) is 5.34. The zero-order valence-corrected chi connectivity index (χ0v) is 10.9. The topological polar surface area (TPSA) is 26.3 Å². The standard InChI is InChI=1S/C15H24O2/c1-3-4-5-6-10-15-11-9-13(17-2)12(15)7-8-14(15)16/h3,12-13H,1,4-11H2,2H3/t12-,13-,15+/m1/s1. The molecule has 2 heteroatoms. The van der Waals surface area contributed by atoms with Gasteiger partial charge in [0.25, 0.3) is 0 Å². The van der Waals surface area contributed by atoms with Crippen molar-refractivity contribution < 1.29 is 9.53 Å². The van der Waals surface area contributed by atoms with Gasteiger partial charge in [-0.2, -0.15) is 0 Å². The Morgan fingerprint density at radius 2 is 2.29 bits per heavy atom. The maximum atomic E-state index is 12.2.